The molecule has 0 aromatic carbocycles. The van der Waals surface area contributed by atoms with E-state index in [2.05, 4.69) is 26.8 Å². The highest BCUT2D eigenvalue weighted by atomic mass is 14.5. The molecule has 0 amide bonds. The molecule has 0 aliphatic carbocycles. The summed E-state index contributed by atoms with van der Waals surface area (Å²) in [6, 6.07) is 0. The first-order chi connectivity index (χ1) is 10.3. The summed E-state index contributed by atoms with van der Waals surface area (Å²) in [4.78, 5) is 0. The molecule has 0 rings (SSSR count). The molecule has 0 aromatic heterocycles. The molecule has 2 N–H and O–H groups in total. The largest absolute Gasteiger partial charge is 0.330 e. The second kappa shape index (κ2) is 16.1. The maximum atomic E-state index is 5.50. The minimum atomic E-state index is 0.804. The van der Waals surface area contributed by atoms with Crippen molar-refractivity contribution in [1.82, 2.24) is 0 Å². The minimum absolute atomic E-state index is 0.804. The number of unbranched alkanes of at least 4 members (excludes halogenated alkanes) is 9. The van der Waals surface area contributed by atoms with E-state index in [4.69, 9.17) is 5.73 Å². The van der Waals surface area contributed by atoms with Crippen LogP contribution in [0.4, 0.5) is 0 Å². The maximum Gasteiger partial charge on any atom is -0.00773 e. The van der Waals surface area contributed by atoms with E-state index in [1.165, 1.54) is 83.5 Å². The second-order valence-electron chi connectivity index (χ2n) is 6.63. The summed E-state index contributed by atoms with van der Waals surface area (Å²) in [6.07, 6.45) is 20.2. The molecule has 0 bridgehead atoms. The molecule has 0 spiro atoms. The van der Waals surface area contributed by atoms with Crippen LogP contribution in [0.25, 0.3) is 0 Å². The zero-order chi connectivity index (χ0) is 15.8. The third-order valence-corrected chi connectivity index (χ3v) is 4.66. The van der Waals surface area contributed by atoms with Gasteiger partial charge in [-0.1, -0.05) is 83.3 Å². The molecule has 1 atom stereocenters. The molecule has 0 aliphatic heterocycles. The van der Waals surface area contributed by atoms with Crippen LogP contribution < -0.4 is 5.73 Å². The normalized spacial score (nSPS) is 13.6. The van der Waals surface area contributed by atoms with Gasteiger partial charge in [0, 0.05) is 0 Å². The molecule has 1 heteroatoms. The first-order valence-corrected chi connectivity index (χ1v) is 9.61. The van der Waals surface area contributed by atoms with Gasteiger partial charge < -0.3 is 5.73 Å². The second-order valence-corrected chi connectivity index (χ2v) is 6.63. The van der Waals surface area contributed by atoms with E-state index < -0.39 is 0 Å². The van der Waals surface area contributed by atoms with Crippen molar-refractivity contribution >= 4 is 0 Å². The Hall–Kier alpha value is -0.300. The smallest absolute Gasteiger partial charge is 0.00773 e. The van der Waals surface area contributed by atoms with E-state index in [1.807, 2.05) is 0 Å². The Morgan fingerprint density at radius 3 is 1.86 bits per heavy atom. The van der Waals surface area contributed by atoms with Crippen LogP contribution in [-0.2, 0) is 0 Å². The summed E-state index contributed by atoms with van der Waals surface area (Å²) in [5.74, 6) is 0.804. The van der Waals surface area contributed by atoms with Gasteiger partial charge in [0.2, 0.25) is 0 Å². The van der Waals surface area contributed by atoms with E-state index in [9.17, 15) is 0 Å². The highest BCUT2D eigenvalue weighted by Gasteiger charge is 2.07. The Kier molecular flexibility index (Phi) is 15.8. The van der Waals surface area contributed by atoms with Gasteiger partial charge in [0.1, 0.15) is 0 Å². The van der Waals surface area contributed by atoms with E-state index in [0.717, 1.165) is 12.5 Å². The Morgan fingerprint density at radius 2 is 1.38 bits per heavy atom. The van der Waals surface area contributed by atoms with Crippen LogP contribution >= 0.6 is 0 Å². The Bertz CT molecular complexity index is 232. The lowest BCUT2D eigenvalue weighted by atomic mass is 9.91. The highest BCUT2D eigenvalue weighted by Crippen LogP contribution is 2.23. The lowest BCUT2D eigenvalue weighted by molar-refractivity contribution is 0.506. The Morgan fingerprint density at radius 1 is 0.857 bits per heavy atom. The van der Waals surface area contributed by atoms with Gasteiger partial charge in [0.25, 0.3) is 0 Å². The molecule has 0 saturated carbocycles. The lowest BCUT2D eigenvalue weighted by Crippen LogP contribution is -2.00. The van der Waals surface area contributed by atoms with Gasteiger partial charge in [-0.3, -0.25) is 0 Å². The average Bonchev–Trinajstić information content (AvgIpc) is 2.50. The van der Waals surface area contributed by atoms with Gasteiger partial charge in [-0.05, 0) is 45.1 Å². The van der Waals surface area contributed by atoms with Crippen LogP contribution in [-0.4, -0.2) is 6.54 Å². The van der Waals surface area contributed by atoms with Crippen molar-refractivity contribution in [3.05, 3.63) is 11.6 Å². The van der Waals surface area contributed by atoms with Crippen LogP contribution in [0.3, 0.4) is 0 Å². The summed E-state index contributed by atoms with van der Waals surface area (Å²) in [5.41, 5.74) is 7.19. The molecule has 21 heavy (non-hydrogen) atoms. The van der Waals surface area contributed by atoms with Crippen molar-refractivity contribution in [3.63, 3.8) is 0 Å². The number of nitrogens with two attached hydrogens (primary N) is 1. The molecule has 0 aliphatic rings. The maximum absolute atomic E-state index is 5.50. The average molecular weight is 296 g/mol. The molecule has 0 radical (unpaired) electrons. The molecule has 0 aromatic rings. The zero-order valence-electron chi connectivity index (χ0n) is 15.1. The van der Waals surface area contributed by atoms with E-state index >= 15 is 0 Å². The lowest BCUT2D eigenvalue weighted by Gasteiger charge is -2.15. The van der Waals surface area contributed by atoms with Gasteiger partial charge in [-0.2, -0.15) is 0 Å². The number of rotatable bonds is 15. The first-order valence-electron chi connectivity index (χ1n) is 9.61. The van der Waals surface area contributed by atoms with E-state index in [0.29, 0.717) is 0 Å². The monoisotopic (exact) mass is 295 g/mol. The molecule has 0 saturated heterocycles. The quantitative estimate of drug-likeness (QED) is 0.267. The topological polar surface area (TPSA) is 26.0 Å². The Labute approximate surface area is 134 Å². The molecular weight excluding hydrogens is 254 g/mol. The third-order valence-electron chi connectivity index (χ3n) is 4.66. The van der Waals surface area contributed by atoms with Crippen molar-refractivity contribution in [2.45, 2.75) is 104 Å². The standard InChI is InChI=1S/C20H41N/c1-4-6-17-20(5-2)19(3)16-14-12-10-8-7-9-11-13-15-18-21/h5,19H,4,6-18,21H2,1-3H3/b20-5-. The number of hydrogen-bond acceptors (Lipinski definition) is 1. The van der Waals surface area contributed by atoms with Gasteiger partial charge in [-0.15, -0.1) is 0 Å². The van der Waals surface area contributed by atoms with Crippen molar-refractivity contribution in [1.29, 1.82) is 0 Å². The van der Waals surface area contributed by atoms with E-state index in [-0.39, 0.29) is 0 Å². The van der Waals surface area contributed by atoms with Crippen LogP contribution in [0.5, 0.6) is 0 Å². The molecule has 1 unspecified atom stereocenters. The summed E-state index contributed by atoms with van der Waals surface area (Å²) in [5, 5.41) is 0. The Balaban J connectivity index is 3.41. The third kappa shape index (κ3) is 13.1. The van der Waals surface area contributed by atoms with Gasteiger partial charge >= 0.3 is 0 Å². The summed E-state index contributed by atoms with van der Waals surface area (Å²) in [7, 11) is 0. The van der Waals surface area contributed by atoms with Gasteiger partial charge in [-0.25, -0.2) is 0 Å². The number of allylic oxidation sites excluding steroid dienone is 2. The predicted octanol–water partition coefficient (Wildman–Crippen LogP) is 6.62. The van der Waals surface area contributed by atoms with Crippen LogP contribution in [0, 0.1) is 5.92 Å². The highest BCUT2D eigenvalue weighted by molar-refractivity contribution is 5.04. The van der Waals surface area contributed by atoms with Crippen molar-refractivity contribution in [2.24, 2.45) is 11.7 Å². The van der Waals surface area contributed by atoms with E-state index in [1.54, 1.807) is 5.57 Å². The van der Waals surface area contributed by atoms with Crippen LogP contribution in [0.2, 0.25) is 0 Å². The summed E-state index contributed by atoms with van der Waals surface area (Å²) in [6.45, 7) is 7.78. The van der Waals surface area contributed by atoms with Gasteiger partial charge in [0.05, 0.1) is 0 Å². The molecule has 1 nitrogen and oxygen atoms in total. The molecule has 0 fully saturated rings. The zero-order valence-corrected chi connectivity index (χ0v) is 15.1. The molecule has 0 heterocycles. The summed E-state index contributed by atoms with van der Waals surface area (Å²) < 4.78 is 0. The van der Waals surface area contributed by atoms with Crippen LogP contribution in [0.15, 0.2) is 11.6 Å². The molecular formula is C20H41N. The fourth-order valence-electron chi connectivity index (χ4n) is 3.07. The summed E-state index contributed by atoms with van der Waals surface area (Å²) >= 11 is 0. The van der Waals surface area contributed by atoms with Crippen molar-refractivity contribution in [2.75, 3.05) is 6.54 Å². The SMILES string of the molecule is C/C=C(/CCCC)C(C)CCCCCCCCCCCN. The van der Waals surface area contributed by atoms with Crippen molar-refractivity contribution < 1.29 is 0 Å². The van der Waals surface area contributed by atoms with Crippen LogP contribution in [0.1, 0.15) is 104 Å². The fraction of sp³-hybridized carbons (Fsp3) is 0.900. The van der Waals surface area contributed by atoms with Crippen molar-refractivity contribution in [3.8, 4) is 0 Å². The predicted molar refractivity (Wildman–Crippen MR) is 97.7 cm³/mol. The van der Waals surface area contributed by atoms with Gasteiger partial charge in [0.15, 0.2) is 0 Å². The fourth-order valence-corrected chi connectivity index (χ4v) is 3.07. The molecule has 126 valence electrons. The minimum Gasteiger partial charge on any atom is -0.330 e. The first kappa shape index (κ1) is 20.7. The number of hydrogen-bond donors (Lipinski definition) is 1.